The van der Waals surface area contributed by atoms with E-state index in [1.165, 1.54) is 6.07 Å². The summed E-state index contributed by atoms with van der Waals surface area (Å²) in [6, 6.07) is 10.9. The molecule has 1 unspecified atom stereocenters. The minimum atomic E-state index is -1.05. The maximum absolute atomic E-state index is 11.3. The lowest BCUT2D eigenvalue weighted by Crippen LogP contribution is -2.24. The van der Waals surface area contributed by atoms with Crippen molar-refractivity contribution in [3.8, 4) is 11.4 Å². The van der Waals surface area contributed by atoms with Crippen molar-refractivity contribution in [2.24, 2.45) is 0 Å². The minimum absolute atomic E-state index is 0.00437. The number of hydrogen-bond acceptors (Lipinski definition) is 5. The Morgan fingerprint density at radius 2 is 2.09 bits per heavy atom. The molecule has 0 spiro atoms. The van der Waals surface area contributed by atoms with E-state index in [1.807, 2.05) is 35.2 Å². The van der Waals surface area contributed by atoms with E-state index in [-0.39, 0.29) is 11.8 Å². The lowest BCUT2D eigenvalue weighted by atomic mass is 10.2. The highest BCUT2D eigenvalue weighted by molar-refractivity contribution is 5.87. The number of rotatable bonds is 4. The highest BCUT2D eigenvalue weighted by Gasteiger charge is 2.24. The molecule has 0 amide bonds. The van der Waals surface area contributed by atoms with Gasteiger partial charge < -0.3 is 14.7 Å². The fourth-order valence-corrected chi connectivity index (χ4v) is 2.55. The van der Waals surface area contributed by atoms with Crippen molar-refractivity contribution in [2.45, 2.75) is 12.5 Å². The lowest BCUT2D eigenvalue weighted by Gasteiger charge is -2.18. The fourth-order valence-electron chi connectivity index (χ4n) is 2.55. The summed E-state index contributed by atoms with van der Waals surface area (Å²) in [6.07, 6.45) is 1.06. The molecule has 1 aromatic carbocycles. The van der Waals surface area contributed by atoms with Gasteiger partial charge in [0.1, 0.15) is 5.82 Å². The molecule has 1 aliphatic rings. The summed E-state index contributed by atoms with van der Waals surface area (Å²) in [5, 5.41) is 9.29. The molecule has 2 heterocycles. The topological polar surface area (TPSA) is 75.5 Å². The van der Waals surface area contributed by atoms with E-state index < -0.39 is 5.97 Å². The Labute approximate surface area is 128 Å². The molecule has 114 valence electrons. The Bertz CT molecular complexity index is 676. The van der Waals surface area contributed by atoms with E-state index in [0.29, 0.717) is 18.2 Å². The predicted molar refractivity (Wildman–Crippen MR) is 82.1 cm³/mol. The molecule has 1 N–H and O–H groups in total. The van der Waals surface area contributed by atoms with Crippen molar-refractivity contribution in [3.63, 3.8) is 0 Å². The average Bonchev–Trinajstić information content (AvgIpc) is 3.04. The van der Waals surface area contributed by atoms with Crippen molar-refractivity contribution < 1.29 is 14.6 Å². The van der Waals surface area contributed by atoms with Crippen LogP contribution in [0.4, 0.5) is 5.82 Å². The van der Waals surface area contributed by atoms with Crippen LogP contribution in [-0.2, 0) is 4.74 Å². The summed E-state index contributed by atoms with van der Waals surface area (Å²) in [7, 11) is 1.69. The smallest absolute Gasteiger partial charge is 0.354 e. The molecule has 3 rings (SSSR count). The number of carbonyl (C=O) groups is 1. The Kier molecular flexibility index (Phi) is 4.02. The van der Waals surface area contributed by atoms with Crippen molar-refractivity contribution in [3.05, 3.63) is 42.1 Å². The van der Waals surface area contributed by atoms with Gasteiger partial charge in [-0.15, -0.1) is 0 Å². The molecule has 0 saturated carbocycles. The third kappa shape index (κ3) is 2.92. The van der Waals surface area contributed by atoms with Crippen molar-refractivity contribution in [1.29, 1.82) is 0 Å². The first-order valence-corrected chi connectivity index (χ1v) is 7.13. The SMILES string of the molecule is COC1CCN(c2cc(C(=O)O)nc(-c3ccccc3)n2)C1. The van der Waals surface area contributed by atoms with Crippen LogP contribution in [-0.4, -0.2) is 47.3 Å². The molecule has 1 atom stereocenters. The zero-order chi connectivity index (χ0) is 15.5. The number of carboxylic acid groups (broad SMARTS) is 1. The van der Waals surface area contributed by atoms with E-state index in [2.05, 4.69) is 9.97 Å². The molecule has 6 nitrogen and oxygen atoms in total. The highest BCUT2D eigenvalue weighted by atomic mass is 16.5. The van der Waals surface area contributed by atoms with Gasteiger partial charge in [-0.05, 0) is 6.42 Å². The standard InChI is InChI=1S/C16H17N3O3/c1-22-12-7-8-19(10-12)14-9-13(16(20)21)17-15(18-14)11-5-3-2-4-6-11/h2-6,9,12H,7-8,10H2,1H3,(H,20,21). The fraction of sp³-hybridized carbons (Fsp3) is 0.312. The number of carboxylic acids is 1. The van der Waals surface area contributed by atoms with Crippen LogP contribution >= 0.6 is 0 Å². The normalized spacial score (nSPS) is 17.7. The second-order valence-electron chi connectivity index (χ2n) is 5.20. The van der Waals surface area contributed by atoms with Gasteiger partial charge in [0, 0.05) is 31.8 Å². The summed E-state index contributed by atoms with van der Waals surface area (Å²) in [6.45, 7) is 1.50. The molecule has 1 aliphatic heterocycles. The zero-order valence-electron chi connectivity index (χ0n) is 12.3. The van der Waals surface area contributed by atoms with Crippen LogP contribution in [0.15, 0.2) is 36.4 Å². The number of nitrogens with zero attached hydrogens (tertiary/aromatic N) is 3. The molecule has 1 fully saturated rings. The van der Waals surface area contributed by atoms with Gasteiger partial charge in [-0.25, -0.2) is 14.8 Å². The van der Waals surface area contributed by atoms with Gasteiger partial charge in [0.05, 0.1) is 6.10 Å². The number of methoxy groups -OCH3 is 1. The van der Waals surface area contributed by atoms with Crippen molar-refractivity contribution >= 4 is 11.8 Å². The second-order valence-corrected chi connectivity index (χ2v) is 5.20. The van der Waals surface area contributed by atoms with Crippen LogP contribution in [0.5, 0.6) is 0 Å². The van der Waals surface area contributed by atoms with Crippen LogP contribution in [0.3, 0.4) is 0 Å². The summed E-state index contributed by atoms with van der Waals surface area (Å²) >= 11 is 0. The Balaban J connectivity index is 2.00. The van der Waals surface area contributed by atoms with Gasteiger partial charge in [0.25, 0.3) is 0 Å². The Morgan fingerprint density at radius 3 is 2.73 bits per heavy atom. The van der Waals surface area contributed by atoms with Crippen molar-refractivity contribution in [1.82, 2.24) is 9.97 Å². The van der Waals surface area contributed by atoms with Crippen LogP contribution in [0, 0.1) is 0 Å². The third-order valence-corrected chi connectivity index (χ3v) is 3.77. The molecule has 6 heteroatoms. The molecule has 2 aromatic rings. The van der Waals surface area contributed by atoms with Crippen LogP contribution < -0.4 is 4.90 Å². The third-order valence-electron chi connectivity index (χ3n) is 3.77. The average molecular weight is 299 g/mol. The maximum Gasteiger partial charge on any atom is 0.354 e. The molecule has 1 saturated heterocycles. The minimum Gasteiger partial charge on any atom is -0.477 e. The van der Waals surface area contributed by atoms with E-state index in [0.717, 1.165) is 18.5 Å². The van der Waals surface area contributed by atoms with Crippen LogP contribution in [0.2, 0.25) is 0 Å². The number of anilines is 1. The predicted octanol–water partition coefficient (Wildman–Crippen LogP) is 2.07. The molecule has 1 aromatic heterocycles. The van der Waals surface area contributed by atoms with E-state index in [9.17, 15) is 9.90 Å². The van der Waals surface area contributed by atoms with Crippen LogP contribution in [0.25, 0.3) is 11.4 Å². The first kappa shape index (κ1) is 14.5. The van der Waals surface area contributed by atoms with Gasteiger partial charge in [-0.3, -0.25) is 0 Å². The van der Waals surface area contributed by atoms with E-state index in [1.54, 1.807) is 7.11 Å². The maximum atomic E-state index is 11.3. The number of benzene rings is 1. The number of hydrogen-bond donors (Lipinski definition) is 1. The number of aromatic nitrogens is 2. The summed E-state index contributed by atoms with van der Waals surface area (Å²) in [4.78, 5) is 22.1. The van der Waals surface area contributed by atoms with Gasteiger partial charge in [0.15, 0.2) is 11.5 Å². The summed E-state index contributed by atoms with van der Waals surface area (Å²) in [5.74, 6) is 0.00508. The Morgan fingerprint density at radius 1 is 1.32 bits per heavy atom. The first-order valence-electron chi connectivity index (χ1n) is 7.13. The summed E-state index contributed by atoms with van der Waals surface area (Å²) in [5.41, 5.74) is 0.805. The van der Waals surface area contributed by atoms with Crippen LogP contribution in [0.1, 0.15) is 16.9 Å². The molecule has 0 aliphatic carbocycles. The van der Waals surface area contributed by atoms with Gasteiger partial charge in [-0.2, -0.15) is 0 Å². The Hall–Kier alpha value is -2.47. The molecular formula is C16H17N3O3. The van der Waals surface area contributed by atoms with Crippen molar-refractivity contribution in [2.75, 3.05) is 25.1 Å². The molecular weight excluding hydrogens is 282 g/mol. The van der Waals surface area contributed by atoms with E-state index >= 15 is 0 Å². The number of ether oxygens (including phenoxy) is 1. The van der Waals surface area contributed by atoms with E-state index in [4.69, 9.17) is 4.74 Å². The second kappa shape index (κ2) is 6.11. The molecule has 0 bridgehead atoms. The highest BCUT2D eigenvalue weighted by Crippen LogP contribution is 2.24. The molecule has 0 radical (unpaired) electrons. The number of aromatic carboxylic acids is 1. The largest absolute Gasteiger partial charge is 0.477 e. The molecule has 22 heavy (non-hydrogen) atoms. The van der Waals surface area contributed by atoms with Gasteiger partial charge >= 0.3 is 5.97 Å². The lowest BCUT2D eigenvalue weighted by molar-refractivity contribution is 0.0690. The van der Waals surface area contributed by atoms with Gasteiger partial charge in [-0.1, -0.05) is 30.3 Å². The first-order chi connectivity index (χ1) is 10.7. The summed E-state index contributed by atoms with van der Waals surface area (Å²) < 4.78 is 5.35. The zero-order valence-corrected chi connectivity index (χ0v) is 12.3. The monoisotopic (exact) mass is 299 g/mol. The quantitative estimate of drug-likeness (QED) is 0.931. The van der Waals surface area contributed by atoms with Gasteiger partial charge in [0.2, 0.25) is 0 Å².